The van der Waals surface area contributed by atoms with Crippen LogP contribution >= 0.6 is 0 Å². The molecule has 4 fully saturated rings. The third-order valence-electron chi connectivity index (χ3n) is 8.58. The highest BCUT2D eigenvalue weighted by molar-refractivity contribution is 5.79. The average molecular weight is 411 g/mol. The third kappa shape index (κ3) is 3.44. The van der Waals surface area contributed by atoms with Crippen molar-refractivity contribution < 1.29 is 4.79 Å². The number of carbonyl (C=O) groups is 1. The Morgan fingerprint density at radius 1 is 1.00 bits per heavy atom. The SMILES string of the molecule is CN(C)[C@]1(c2ccccc2)CC[C@@]2(CC1)CN(C1CCNCC1)C(=O)N2CC1CC1. The van der Waals surface area contributed by atoms with Gasteiger partial charge in [-0.15, -0.1) is 0 Å². The molecular formula is C25H38N4O. The number of piperidine rings is 1. The zero-order chi connectivity index (χ0) is 20.8. The fraction of sp³-hybridized carbons (Fsp3) is 0.720. The van der Waals surface area contributed by atoms with Gasteiger partial charge in [-0.3, -0.25) is 4.90 Å². The van der Waals surface area contributed by atoms with Crippen LogP contribution in [-0.2, 0) is 5.54 Å². The molecule has 1 aromatic rings. The van der Waals surface area contributed by atoms with Gasteiger partial charge in [0, 0.05) is 24.7 Å². The molecule has 2 saturated heterocycles. The summed E-state index contributed by atoms with van der Waals surface area (Å²) < 4.78 is 0. The monoisotopic (exact) mass is 410 g/mol. The Balaban J connectivity index is 1.40. The maximum Gasteiger partial charge on any atom is 0.320 e. The van der Waals surface area contributed by atoms with Crippen molar-refractivity contribution >= 4 is 6.03 Å². The van der Waals surface area contributed by atoms with Gasteiger partial charge in [0.2, 0.25) is 0 Å². The van der Waals surface area contributed by atoms with Crippen LogP contribution in [0.1, 0.15) is 56.9 Å². The van der Waals surface area contributed by atoms with Crippen LogP contribution in [0.3, 0.4) is 0 Å². The molecule has 4 aliphatic rings. The first-order valence-corrected chi connectivity index (χ1v) is 12.1. The van der Waals surface area contributed by atoms with E-state index in [1.165, 1.54) is 18.4 Å². The molecule has 0 aromatic heterocycles. The fourth-order valence-electron chi connectivity index (χ4n) is 6.36. The lowest BCUT2D eigenvalue weighted by molar-refractivity contribution is 0.0225. The number of benzene rings is 1. The number of hydrogen-bond acceptors (Lipinski definition) is 3. The Labute approximate surface area is 181 Å². The van der Waals surface area contributed by atoms with E-state index in [1.807, 2.05) is 0 Å². The topological polar surface area (TPSA) is 38.8 Å². The highest BCUT2D eigenvalue weighted by Gasteiger charge is 2.56. The zero-order valence-electron chi connectivity index (χ0n) is 18.8. The number of urea groups is 1. The largest absolute Gasteiger partial charge is 0.320 e. The quantitative estimate of drug-likeness (QED) is 0.805. The summed E-state index contributed by atoms with van der Waals surface area (Å²) in [5.74, 6) is 0.744. The zero-order valence-corrected chi connectivity index (χ0v) is 18.8. The third-order valence-corrected chi connectivity index (χ3v) is 8.58. The second-order valence-electron chi connectivity index (χ2n) is 10.5. The van der Waals surface area contributed by atoms with Crippen LogP contribution in [0.4, 0.5) is 4.79 Å². The first kappa shape index (κ1) is 20.3. The summed E-state index contributed by atoms with van der Waals surface area (Å²) in [6.45, 7) is 4.02. The normalized spacial score (nSPS) is 33.1. The number of rotatable bonds is 5. The number of hydrogen-bond donors (Lipinski definition) is 1. The first-order valence-electron chi connectivity index (χ1n) is 12.1. The van der Waals surface area contributed by atoms with Crippen LogP contribution < -0.4 is 5.32 Å². The highest BCUT2D eigenvalue weighted by Crippen LogP contribution is 2.50. The molecule has 1 N–H and O–H groups in total. The maximum atomic E-state index is 13.6. The van der Waals surface area contributed by atoms with E-state index in [9.17, 15) is 4.79 Å². The minimum absolute atomic E-state index is 0.0405. The van der Waals surface area contributed by atoms with Gasteiger partial charge in [-0.05, 0) is 90.0 Å². The van der Waals surface area contributed by atoms with Gasteiger partial charge in [-0.2, -0.15) is 0 Å². The molecular weight excluding hydrogens is 372 g/mol. The van der Waals surface area contributed by atoms with Crippen molar-refractivity contribution in [2.45, 2.75) is 68.5 Å². The molecule has 5 heteroatoms. The average Bonchev–Trinajstić information content (AvgIpc) is 3.57. The van der Waals surface area contributed by atoms with E-state index >= 15 is 0 Å². The summed E-state index contributed by atoms with van der Waals surface area (Å²) in [4.78, 5) is 20.7. The number of carbonyl (C=O) groups excluding carboxylic acids is 1. The summed E-state index contributed by atoms with van der Waals surface area (Å²) >= 11 is 0. The van der Waals surface area contributed by atoms with Gasteiger partial charge in [0.05, 0.1) is 5.54 Å². The molecule has 2 aliphatic carbocycles. The van der Waals surface area contributed by atoms with Crippen molar-refractivity contribution in [3.8, 4) is 0 Å². The second-order valence-corrected chi connectivity index (χ2v) is 10.5. The lowest BCUT2D eigenvalue weighted by Gasteiger charge is -2.51. The maximum absolute atomic E-state index is 13.6. The molecule has 0 atom stereocenters. The van der Waals surface area contributed by atoms with Gasteiger partial charge in [0.25, 0.3) is 0 Å². The molecule has 164 valence electrons. The van der Waals surface area contributed by atoms with Crippen LogP contribution in [-0.4, -0.2) is 72.6 Å². The summed E-state index contributed by atoms with van der Waals surface area (Å²) in [7, 11) is 4.46. The lowest BCUT2D eigenvalue weighted by atomic mass is 9.68. The first-order chi connectivity index (χ1) is 14.5. The van der Waals surface area contributed by atoms with Crippen LogP contribution in [0.2, 0.25) is 0 Å². The van der Waals surface area contributed by atoms with Crippen LogP contribution in [0, 0.1) is 5.92 Å². The van der Waals surface area contributed by atoms with E-state index in [-0.39, 0.29) is 11.1 Å². The van der Waals surface area contributed by atoms with E-state index in [0.717, 1.165) is 70.6 Å². The number of nitrogens with one attached hydrogen (secondary N) is 1. The minimum atomic E-state index is 0.0405. The van der Waals surface area contributed by atoms with Crippen molar-refractivity contribution in [2.75, 3.05) is 40.3 Å². The summed E-state index contributed by atoms with van der Waals surface area (Å²) in [6.07, 6.45) is 9.28. The van der Waals surface area contributed by atoms with E-state index < -0.39 is 0 Å². The molecule has 0 unspecified atom stereocenters. The molecule has 2 heterocycles. The molecule has 0 bridgehead atoms. The van der Waals surface area contributed by atoms with Crippen molar-refractivity contribution in [2.24, 2.45) is 5.92 Å². The summed E-state index contributed by atoms with van der Waals surface area (Å²) in [6, 6.07) is 11.8. The predicted molar refractivity (Wildman–Crippen MR) is 120 cm³/mol. The predicted octanol–water partition coefficient (Wildman–Crippen LogP) is 3.66. The van der Waals surface area contributed by atoms with E-state index in [4.69, 9.17) is 0 Å². The molecule has 1 aromatic carbocycles. The molecule has 2 aliphatic heterocycles. The van der Waals surface area contributed by atoms with Crippen LogP contribution in [0.5, 0.6) is 0 Å². The Hall–Kier alpha value is -1.59. The molecule has 5 nitrogen and oxygen atoms in total. The van der Waals surface area contributed by atoms with Gasteiger partial charge in [-0.25, -0.2) is 4.79 Å². The van der Waals surface area contributed by atoms with Gasteiger partial charge >= 0.3 is 6.03 Å². The number of amides is 2. The smallest absolute Gasteiger partial charge is 0.319 e. The molecule has 5 rings (SSSR count). The van der Waals surface area contributed by atoms with Crippen molar-refractivity contribution in [3.63, 3.8) is 0 Å². The van der Waals surface area contributed by atoms with E-state index in [2.05, 4.69) is 64.4 Å². The van der Waals surface area contributed by atoms with Crippen molar-refractivity contribution in [1.82, 2.24) is 20.0 Å². The van der Waals surface area contributed by atoms with Gasteiger partial charge < -0.3 is 15.1 Å². The Kier molecular flexibility index (Phi) is 5.30. The van der Waals surface area contributed by atoms with Crippen molar-refractivity contribution in [3.05, 3.63) is 35.9 Å². The molecule has 1 spiro atoms. The second kappa shape index (κ2) is 7.83. The Morgan fingerprint density at radius 2 is 1.67 bits per heavy atom. The lowest BCUT2D eigenvalue weighted by Crippen LogP contribution is -2.55. The standard InChI is InChI=1S/C25H38N4O/c1-27(2)25(21-6-4-3-5-7-21)14-12-24(13-15-25)19-28(22-10-16-26-17-11-22)23(30)29(24)18-20-8-9-20/h3-7,20,22,26H,8-19H2,1-2H3/t24-,25-. The Morgan fingerprint density at radius 3 is 2.27 bits per heavy atom. The van der Waals surface area contributed by atoms with Crippen LogP contribution in [0.15, 0.2) is 30.3 Å². The minimum Gasteiger partial charge on any atom is -0.319 e. The molecule has 2 saturated carbocycles. The van der Waals surface area contributed by atoms with Gasteiger partial charge in [0.15, 0.2) is 0 Å². The molecule has 30 heavy (non-hydrogen) atoms. The highest BCUT2D eigenvalue weighted by atomic mass is 16.2. The van der Waals surface area contributed by atoms with Crippen LogP contribution in [0.25, 0.3) is 0 Å². The van der Waals surface area contributed by atoms with E-state index in [0.29, 0.717) is 12.1 Å². The fourth-order valence-corrected chi connectivity index (χ4v) is 6.36. The van der Waals surface area contributed by atoms with E-state index in [1.54, 1.807) is 0 Å². The van der Waals surface area contributed by atoms with Crippen molar-refractivity contribution in [1.29, 1.82) is 0 Å². The molecule has 0 radical (unpaired) electrons. The van der Waals surface area contributed by atoms with Gasteiger partial charge in [0.1, 0.15) is 0 Å². The summed E-state index contributed by atoms with van der Waals surface area (Å²) in [5.41, 5.74) is 1.56. The Bertz CT molecular complexity index is 746. The molecule has 2 amide bonds. The van der Waals surface area contributed by atoms with Gasteiger partial charge in [-0.1, -0.05) is 30.3 Å². The number of nitrogens with zero attached hydrogens (tertiary/aromatic N) is 3. The summed E-state index contributed by atoms with van der Waals surface area (Å²) in [5, 5.41) is 3.46.